The third-order valence-electron chi connectivity index (χ3n) is 9.80. The van der Waals surface area contributed by atoms with Crippen LogP contribution in [0.1, 0.15) is 74.2 Å². The SMILES string of the molecule is C[C@H](O)c1ccc2ccccc2c1.C[C@H]([N-][Si](C)(C)C([Si](C)(C)[N-][C@@H](C)c1ccccc1)[Si](C)(C)[N-][C@@H](C)c1ccccc1)c1ccccc1.[Zr+3]. The maximum absolute atomic E-state index is 9.38. The van der Waals surface area contributed by atoms with Gasteiger partial charge in [0.25, 0.3) is 0 Å². The molecule has 0 heterocycles. The average Bonchev–Trinajstić information content (AvgIpc) is 3.08. The van der Waals surface area contributed by atoms with Crippen LogP contribution < -0.4 is 0 Å². The van der Waals surface area contributed by atoms with Gasteiger partial charge in [-0.2, -0.15) is 0 Å². The van der Waals surface area contributed by atoms with Gasteiger partial charge in [-0.1, -0.05) is 229 Å². The standard InChI is InChI=1S/C31H46N3Si3.C12H12O.Zr/c1-25(28-19-13-10-14-20-28)32-35(4,5)31(36(6,7)33-26(2)29-21-15-11-16-22-29)37(8,9)34-27(3)30-23-17-12-18-24-30;1-9(13)11-7-6-10-4-2-3-5-12(10)8-11;/h10-27,31H,1-9H3;2-9,13H,1H3;/q-3;;+3/t25-,26-,27-;9-;/m00./s1. The molecule has 0 amide bonds. The molecule has 1 N–H and O–H groups in total. The minimum atomic E-state index is -2.12. The summed E-state index contributed by atoms with van der Waals surface area (Å²) in [4.78, 5) is 17.4. The summed E-state index contributed by atoms with van der Waals surface area (Å²) < 4.78 is 0. The van der Waals surface area contributed by atoms with Gasteiger partial charge >= 0.3 is 26.2 Å². The van der Waals surface area contributed by atoms with Gasteiger partial charge in [0, 0.05) is 0 Å². The van der Waals surface area contributed by atoms with Crippen LogP contribution in [0.4, 0.5) is 0 Å². The van der Waals surface area contributed by atoms with E-state index in [1.54, 1.807) is 6.92 Å². The van der Waals surface area contributed by atoms with Crippen molar-refractivity contribution in [1.82, 2.24) is 0 Å². The number of hydrogen-bond donors (Lipinski definition) is 1. The normalized spacial score (nSPS) is 14.5. The largest absolute Gasteiger partial charge is 3.00 e. The van der Waals surface area contributed by atoms with Crippen molar-refractivity contribution in [3.63, 3.8) is 0 Å². The van der Waals surface area contributed by atoms with Gasteiger partial charge < -0.3 is 20.1 Å². The first-order valence-electron chi connectivity index (χ1n) is 18.1. The summed E-state index contributed by atoms with van der Waals surface area (Å²) in [7, 11) is -6.37. The molecule has 4 atom stereocenters. The Balaban J connectivity index is 0.000000418. The molecule has 0 saturated carbocycles. The van der Waals surface area contributed by atoms with E-state index in [4.69, 9.17) is 14.9 Å². The van der Waals surface area contributed by atoms with Crippen molar-refractivity contribution in [2.75, 3.05) is 0 Å². The summed E-state index contributed by atoms with van der Waals surface area (Å²) in [6, 6.07) is 47.0. The Morgan fingerprint density at radius 3 is 1.06 bits per heavy atom. The van der Waals surface area contributed by atoms with Crippen LogP contribution in [0, 0.1) is 0 Å². The van der Waals surface area contributed by atoms with Crippen molar-refractivity contribution in [2.45, 2.75) is 96.0 Å². The van der Waals surface area contributed by atoms with Gasteiger partial charge in [-0.3, -0.25) is 0 Å². The molecule has 0 fully saturated rings. The molecule has 0 unspecified atom stereocenters. The second-order valence-electron chi connectivity index (χ2n) is 15.3. The van der Waals surface area contributed by atoms with Gasteiger partial charge in [0.05, 0.1) is 6.10 Å². The van der Waals surface area contributed by atoms with Crippen LogP contribution in [-0.4, -0.2) is 29.8 Å². The molecule has 8 heteroatoms. The smallest absolute Gasteiger partial charge is 0.659 e. The maximum atomic E-state index is 9.38. The number of hydrogen-bond acceptors (Lipinski definition) is 1. The van der Waals surface area contributed by atoms with Crippen LogP contribution in [0.15, 0.2) is 133 Å². The zero-order valence-corrected chi connectivity index (χ0v) is 37.8. The second kappa shape index (κ2) is 19.2. The molecule has 5 aromatic rings. The predicted octanol–water partition coefficient (Wildman–Crippen LogP) is 13.3. The minimum Gasteiger partial charge on any atom is -0.659 e. The van der Waals surface area contributed by atoms with Gasteiger partial charge in [-0.15, -0.1) is 22.9 Å². The van der Waals surface area contributed by atoms with Gasteiger partial charge in [0.2, 0.25) is 0 Å². The first-order chi connectivity index (χ1) is 23.6. The molecule has 5 rings (SSSR count). The van der Waals surface area contributed by atoms with E-state index in [-0.39, 0.29) is 50.4 Å². The fourth-order valence-corrected chi connectivity index (χ4v) is 34.2. The van der Waals surface area contributed by atoms with E-state index >= 15 is 0 Å². The Morgan fingerprint density at radius 1 is 0.412 bits per heavy atom. The van der Waals surface area contributed by atoms with Crippen molar-refractivity contribution in [1.29, 1.82) is 0 Å². The third kappa shape index (κ3) is 12.1. The van der Waals surface area contributed by atoms with Crippen LogP contribution in [0.3, 0.4) is 0 Å². The van der Waals surface area contributed by atoms with E-state index in [2.05, 4.69) is 163 Å². The monoisotopic (exact) mass is 806 g/mol. The summed E-state index contributed by atoms with van der Waals surface area (Å²) in [5.74, 6) is 0. The molecule has 0 aliphatic heterocycles. The zero-order chi connectivity index (χ0) is 36.5. The Hall–Kier alpha value is -2.27. The topological polar surface area (TPSA) is 62.5 Å². The summed E-state index contributed by atoms with van der Waals surface area (Å²) in [6.45, 7) is 23.4. The molecule has 1 radical (unpaired) electrons. The molecule has 0 aliphatic carbocycles. The Labute approximate surface area is 331 Å². The third-order valence-corrected chi connectivity index (χ3v) is 29.9. The van der Waals surface area contributed by atoms with Gasteiger partial charge in [0.15, 0.2) is 0 Å². The molecule has 0 spiro atoms. The van der Waals surface area contributed by atoms with Gasteiger partial charge in [0.1, 0.15) is 0 Å². The molecule has 0 aliphatic rings. The number of fused-ring (bicyclic) bond motifs is 1. The minimum absolute atomic E-state index is 0. The molecular formula is C43H58N3OSi3Zr. The van der Waals surface area contributed by atoms with E-state index in [0.717, 1.165) is 5.56 Å². The van der Waals surface area contributed by atoms with E-state index in [1.807, 2.05) is 30.3 Å². The molecule has 0 saturated heterocycles. The van der Waals surface area contributed by atoms with E-state index in [9.17, 15) is 5.11 Å². The molecule has 5 aromatic carbocycles. The first-order valence-corrected chi connectivity index (χ1v) is 27.2. The van der Waals surface area contributed by atoms with Crippen LogP contribution in [0.2, 0.25) is 44.1 Å². The first kappa shape index (κ1) is 43.1. The predicted molar refractivity (Wildman–Crippen MR) is 225 cm³/mol. The molecular weight excluding hydrogens is 750 g/mol. The van der Waals surface area contributed by atoms with E-state index in [1.165, 1.54) is 27.5 Å². The van der Waals surface area contributed by atoms with Crippen molar-refractivity contribution in [2.24, 2.45) is 0 Å². The molecule has 51 heavy (non-hydrogen) atoms. The quantitative estimate of drug-likeness (QED) is 0.118. The van der Waals surface area contributed by atoms with Crippen LogP contribution in [-0.2, 0) is 26.2 Å². The van der Waals surface area contributed by atoms with Crippen molar-refractivity contribution < 1.29 is 31.3 Å². The van der Waals surface area contributed by atoms with Crippen molar-refractivity contribution in [3.05, 3.63) is 171 Å². The molecule has 267 valence electrons. The Morgan fingerprint density at radius 2 is 0.725 bits per heavy atom. The number of benzene rings is 5. The van der Waals surface area contributed by atoms with Gasteiger partial charge in [-0.05, 0) is 29.3 Å². The number of nitrogens with zero attached hydrogens (tertiary/aromatic N) is 3. The van der Waals surface area contributed by atoms with Gasteiger partial charge in [-0.25, -0.2) is 0 Å². The van der Waals surface area contributed by atoms with E-state index in [0.29, 0.717) is 4.79 Å². The zero-order valence-electron chi connectivity index (χ0n) is 32.4. The Kier molecular flexibility index (Phi) is 16.2. The fourth-order valence-electron chi connectivity index (χ4n) is 8.20. The van der Waals surface area contributed by atoms with Crippen LogP contribution in [0.25, 0.3) is 25.7 Å². The average molecular weight is 808 g/mol. The summed E-state index contributed by atoms with van der Waals surface area (Å²) in [6.07, 6.45) is -0.385. The van der Waals surface area contributed by atoms with Crippen LogP contribution in [0.5, 0.6) is 0 Å². The summed E-state index contributed by atoms with van der Waals surface area (Å²) in [5.41, 5.74) is 4.86. The maximum Gasteiger partial charge on any atom is 3.00 e. The fraction of sp³-hybridized carbons (Fsp3) is 0.349. The van der Waals surface area contributed by atoms with E-state index < -0.39 is 24.7 Å². The number of aliphatic hydroxyl groups is 1. The Bertz CT molecular complexity index is 1610. The summed E-state index contributed by atoms with van der Waals surface area (Å²) in [5, 5.41) is 11.8. The van der Waals surface area contributed by atoms with Crippen molar-refractivity contribution >= 4 is 35.5 Å². The second-order valence-corrected chi connectivity index (χ2v) is 29.5. The summed E-state index contributed by atoms with van der Waals surface area (Å²) >= 11 is 0. The molecule has 0 aromatic heterocycles. The molecule has 4 nitrogen and oxygen atoms in total. The number of aliphatic hydroxyl groups excluding tert-OH is 1. The van der Waals surface area contributed by atoms with Crippen LogP contribution >= 0.6 is 0 Å². The van der Waals surface area contributed by atoms with Crippen molar-refractivity contribution in [3.8, 4) is 0 Å². The molecule has 0 bridgehead atoms. The number of rotatable bonds is 13.